The first-order valence-corrected chi connectivity index (χ1v) is 5.30. The summed E-state index contributed by atoms with van der Waals surface area (Å²) in [7, 11) is 0. The lowest BCUT2D eigenvalue weighted by atomic mass is 10.2. The first kappa shape index (κ1) is 11.8. The minimum absolute atomic E-state index is 0.418. The van der Waals surface area contributed by atoms with Crippen LogP contribution in [0.5, 0.6) is 0 Å². The van der Waals surface area contributed by atoms with E-state index in [1.165, 1.54) is 12.8 Å². The fraction of sp³-hybridized carbons (Fsp3) is 0.583. The molecule has 1 N–H and O–H groups in total. The molecule has 84 valence electrons. The van der Waals surface area contributed by atoms with Gasteiger partial charge >= 0.3 is 6.09 Å². The number of carbonyl (C=O) groups is 1. The number of amides is 1. The summed E-state index contributed by atoms with van der Waals surface area (Å²) in [4.78, 5) is 11.2. The van der Waals surface area contributed by atoms with Crippen molar-refractivity contribution in [2.75, 3.05) is 0 Å². The smallest absolute Gasteiger partial charge is 0.411 e. The van der Waals surface area contributed by atoms with Crippen molar-refractivity contribution in [3.63, 3.8) is 0 Å². The average Bonchev–Trinajstić information content (AvgIpc) is 2.83. The Morgan fingerprint density at radius 2 is 2.00 bits per heavy atom. The number of ether oxygens (including phenoxy) is 1. The molecule has 0 radical (unpaired) electrons. The molecule has 0 bridgehead atoms. The van der Waals surface area contributed by atoms with Gasteiger partial charge in [-0.1, -0.05) is 12.2 Å². The van der Waals surface area contributed by atoms with Crippen molar-refractivity contribution in [1.82, 2.24) is 5.32 Å². The van der Waals surface area contributed by atoms with Crippen LogP contribution < -0.4 is 5.32 Å². The molecule has 15 heavy (non-hydrogen) atoms. The Kier molecular flexibility index (Phi) is 3.95. The fourth-order valence-corrected chi connectivity index (χ4v) is 0.989. The molecule has 1 fully saturated rings. The minimum atomic E-state index is -0.443. The topological polar surface area (TPSA) is 38.3 Å². The van der Waals surface area contributed by atoms with Crippen molar-refractivity contribution >= 4 is 6.09 Å². The van der Waals surface area contributed by atoms with Crippen molar-refractivity contribution in [2.45, 2.75) is 39.2 Å². The summed E-state index contributed by atoms with van der Waals surface area (Å²) in [6.07, 6.45) is 9.67. The number of carbonyl (C=O) groups excluding carboxylic acids is 1. The molecule has 0 spiro atoms. The standard InChI is InChI=1S/C12H19NO2/c1-12(2,3)15-11(14)13-9-5-4-6-10-7-8-10/h4-6,9-10H,7-8H2,1-3H3,(H,13,14)/b6-4+,9-5+. The van der Waals surface area contributed by atoms with Gasteiger partial charge in [-0.25, -0.2) is 4.79 Å². The van der Waals surface area contributed by atoms with Crippen LogP contribution in [0.2, 0.25) is 0 Å². The zero-order valence-electron chi connectivity index (χ0n) is 9.62. The van der Waals surface area contributed by atoms with E-state index >= 15 is 0 Å². The monoisotopic (exact) mass is 209 g/mol. The van der Waals surface area contributed by atoms with E-state index < -0.39 is 11.7 Å². The van der Waals surface area contributed by atoms with Crippen molar-refractivity contribution in [1.29, 1.82) is 0 Å². The second kappa shape index (κ2) is 5.01. The predicted octanol–water partition coefficient (Wildman–Crippen LogP) is 2.99. The Balaban J connectivity index is 2.15. The Morgan fingerprint density at radius 1 is 1.33 bits per heavy atom. The molecule has 1 saturated carbocycles. The van der Waals surface area contributed by atoms with Gasteiger partial charge in [0.1, 0.15) is 5.60 Å². The zero-order chi connectivity index (χ0) is 11.3. The number of rotatable bonds is 3. The molecule has 1 aliphatic rings. The molecule has 0 aromatic rings. The first-order valence-electron chi connectivity index (χ1n) is 5.30. The average molecular weight is 209 g/mol. The first-order chi connectivity index (χ1) is 6.97. The van der Waals surface area contributed by atoms with Crippen LogP contribution in [0.15, 0.2) is 24.4 Å². The lowest BCUT2D eigenvalue weighted by Crippen LogP contribution is -2.29. The Hall–Kier alpha value is -1.25. The zero-order valence-corrected chi connectivity index (χ0v) is 9.62. The van der Waals surface area contributed by atoms with E-state index in [0.29, 0.717) is 0 Å². The Labute approximate surface area is 91.2 Å². The number of hydrogen-bond acceptors (Lipinski definition) is 2. The van der Waals surface area contributed by atoms with Gasteiger partial charge in [-0.2, -0.15) is 0 Å². The van der Waals surface area contributed by atoms with E-state index in [1.54, 1.807) is 6.20 Å². The predicted molar refractivity (Wildman–Crippen MR) is 60.4 cm³/mol. The molecule has 0 atom stereocenters. The van der Waals surface area contributed by atoms with Crippen LogP contribution in [0.4, 0.5) is 4.79 Å². The van der Waals surface area contributed by atoms with Gasteiger partial charge in [-0.15, -0.1) is 0 Å². The Morgan fingerprint density at radius 3 is 2.53 bits per heavy atom. The molecule has 1 amide bonds. The molecule has 0 aliphatic heterocycles. The van der Waals surface area contributed by atoms with Gasteiger partial charge in [0.05, 0.1) is 0 Å². The third kappa shape index (κ3) is 6.77. The van der Waals surface area contributed by atoms with Gasteiger partial charge in [0.15, 0.2) is 0 Å². The molecule has 1 aliphatic carbocycles. The summed E-state index contributed by atoms with van der Waals surface area (Å²) < 4.78 is 5.05. The van der Waals surface area contributed by atoms with Crippen LogP contribution in [-0.4, -0.2) is 11.7 Å². The fourth-order valence-electron chi connectivity index (χ4n) is 0.989. The molecule has 0 unspecified atom stereocenters. The van der Waals surface area contributed by atoms with Crippen LogP contribution in [0, 0.1) is 5.92 Å². The highest BCUT2D eigenvalue weighted by Crippen LogP contribution is 2.29. The van der Waals surface area contributed by atoms with Gasteiger partial charge in [0, 0.05) is 6.20 Å². The molecule has 1 rings (SSSR count). The maximum absolute atomic E-state index is 11.2. The van der Waals surface area contributed by atoms with Gasteiger partial charge in [-0.05, 0) is 45.6 Å². The van der Waals surface area contributed by atoms with E-state index in [-0.39, 0.29) is 0 Å². The van der Waals surface area contributed by atoms with Crippen molar-refractivity contribution in [3.05, 3.63) is 24.4 Å². The molecule has 0 saturated heterocycles. The third-order valence-corrected chi connectivity index (χ3v) is 1.81. The van der Waals surface area contributed by atoms with Gasteiger partial charge in [-0.3, -0.25) is 5.32 Å². The summed E-state index contributed by atoms with van der Waals surface area (Å²) >= 11 is 0. The number of allylic oxidation sites excluding steroid dienone is 3. The van der Waals surface area contributed by atoms with E-state index in [9.17, 15) is 4.79 Å². The SMILES string of the molecule is CC(C)(C)OC(=O)N/C=C/C=C/C1CC1. The van der Waals surface area contributed by atoms with Crippen molar-refractivity contribution in [2.24, 2.45) is 5.92 Å². The summed E-state index contributed by atoms with van der Waals surface area (Å²) in [5.74, 6) is 0.760. The molecule has 0 heterocycles. The van der Waals surface area contributed by atoms with Gasteiger partial charge in [0.2, 0.25) is 0 Å². The highest BCUT2D eigenvalue weighted by molar-refractivity contribution is 5.68. The second-order valence-electron chi connectivity index (χ2n) is 4.73. The number of hydrogen-bond donors (Lipinski definition) is 1. The van der Waals surface area contributed by atoms with E-state index in [0.717, 1.165) is 5.92 Å². The normalized spacial score (nSPS) is 17.3. The summed E-state index contributed by atoms with van der Waals surface area (Å²) in [6.45, 7) is 5.51. The van der Waals surface area contributed by atoms with Gasteiger partial charge < -0.3 is 4.74 Å². The quantitative estimate of drug-likeness (QED) is 0.726. The molecular weight excluding hydrogens is 190 g/mol. The number of alkyl carbamates (subject to hydrolysis) is 1. The van der Waals surface area contributed by atoms with Crippen LogP contribution in [0.1, 0.15) is 33.6 Å². The largest absolute Gasteiger partial charge is 0.444 e. The Bertz CT molecular complexity index is 270. The maximum Gasteiger partial charge on any atom is 0.411 e. The van der Waals surface area contributed by atoms with E-state index in [1.807, 2.05) is 32.9 Å². The van der Waals surface area contributed by atoms with Crippen LogP contribution in [0.25, 0.3) is 0 Å². The van der Waals surface area contributed by atoms with Gasteiger partial charge in [0.25, 0.3) is 0 Å². The van der Waals surface area contributed by atoms with E-state index in [4.69, 9.17) is 4.74 Å². The molecule has 3 heteroatoms. The lowest BCUT2D eigenvalue weighted by molar-refractivity contribution is 0.0552. The third-order valence-electron chi connectivity index (χ3n) is 1.81. The molecule has 0 aromatic carbocycles. The summed E-state index contributed by atoms with van der Waals surface area (Å²) in [5, 5.41) is 2.54. The highest BCUT2D eigenvalue weighted by Gasteiger charge is 2.16. The number of nitrogens with one attached hydrogen (secondary N) is 1. The van der Waals surface area contributed by atoms with Crippen LogP contribution in [-0.2, 0) is 4.74 Å². The van der Waals surface area contributed by atoms with Crippen molar-refractivity contribution < 1.29 is 9.53 Å². The van der Waals surface area contributed by atoms with Crippen LogP contribution in [0.3, 0.4) is 0 Å². The highest BCUT2D eigenvalue weighted by atomic mass is 16.6. The van der Waals surface area contributed by atoms with Crippen molar-refractivity contribution in [3.8, 4) is 0 Å². The molecular formula is C12H19NO2. The molecule has 3 nitrogen and oxygen atoms in total. The summed E-state index contributed by atoms with van der Waals surface area (Å²) in [6, 6.07) is 0. The molecule has 0 aromatic heterocycles. The lowest BCUT2D eigenvalue weighted by Gasteiger charge is -2.18. The second-order valence-corrected chi connectivity index (χ2v) is 4.73. The minimum Gasteiger partial charge on any atom is -0.444 e. The summed E-state index contributed by atoms with van der Waals surface area (Å²) in [5.41, 5.74) is -0.443. The van der Waals surface area contributed by atoms with Crippen LogP contribution >= 0.6 is 0 Å². The maximum atomic E-state index is 11.2. The van der Waals surface area contributed by atoms with E-state index in [2.05, 4.69) is 11.4 Å².